The van der Waals surface area contributed by atoms with Crippen LogP contribution in [0.5, 0.6) is 0 Å². The Hall–Kier alpha value is -1.91. The molecule has 0 amide bonds. The zero-order chi connectivity index (χ0) is 20.2. The largest absolute Gasteiger partial charge is 0.280 e. The molecule has 1 atom stereocenters. The van der Waals surface area contributed by atoms with Gasteiger partial charge in [0.1, 0.15) is 5.82 Å². The normalized spacial score (nSPS) is 18.1. The lowest BCUT2D eigenvalue weighted by Crippen LogP contribution is -2.47. The highest BCUT2D eigenvalue weighted by Crippen LogP contribution is 2.34. The van der Waals surface area contributed by atoms with Crippen molar-refractivity contribution in [2.24, 2.45) is 0 Å². The van der Waals surface area contributed by atoms with Crippen molar-refractivity contribution in [2.45, 2.75) is 25.7 Å². The number of halogens is 3. The fraction of sp³-hybridized carbons (Fsp3) is 0.250. The molecule has 1 aliphatic rings. The van der Waals surface area contributed by atoms with E-state index in [4.69, 9.17) is 23.2 Å². The summed E-state index contributed by atoms with van der Waals surface area (Å²) >= 11 is 12.8. The standard InChI is InChI=1S/C24H23Cl2FN2/c25-21-10-5-9-18(15-21)24-28(16-19-7-1-3-11-22(19)26)13-6-14-29(24)17-20-8-2-4-12-23(20)27/h1-5,7-12,15,24H,6,13-14,16-17H2/t24-/m1/s1. The van der Waals surface area contributed by atoms with Gasteiger partial charge in [-0.05, 0) is 41.8 Å². The number of hydrogen-bond acceptors (Lipinski definition) is 2. The zero-order valence-electron chi connectivity index (χ0n) is 16.1. The summed E-state index contributed by atoms with van der Waals surface area (Å²) in [5.74, 6) is -0.166. The molecule has 3 aromatic carbocycles. The van der Waals surface area contributed by atoms with Crippen molar-refractivity contribution in [3.8, 4) is 0 Å². The maximum Gasteiger partial charge on any atom is 0.127 e. The lowest BCUT2D eigenvalue weighted by atomic mass is 10.0. The third-order valence-corrected chi connectivity index (χ3v) is 6.00. The smallest absolute Gasteiger partial charge is 0.127 e. The van der Waals surface area contributed by atoms with E-state index in [9.17, 15) is 4.39 Å². The number of rotatable bonds is 5. The fourth-order valence-electron chi connectivity index (χ4n) is 4.06. The topological polar surface area (TPSA) is 6.48 Å². The molecule has 29 heavy (non-hydrogen) atoms. The minimum absolute atomic E-state index is 0.00155. The second-order valence-corrected chi connectivity index (χ2v) is 8.25. The molecule has 0 aliphatic carbocycles. The van der Waals surface area contributed by atoms with Crippen molar-refractivity contribution in [2.75, 3.05) is 13.1 Å². The predicted octanol–water partition coefficient (Wildman–Crippen LogP) is 6.54. The summed E-state index contributed by atoms with van der Waals surface area (Å²) in [7, 11) is 0. The van der Waals surface area contributed by atoms with E-state index in [2.05, 4.69) is 21.9 Å². The van der Waals surface area contributed by atoms with Gasteiger partial charge in [0.05, 0.1) is 6.17 Å². The summed E-state index contributed by atoms with van der Waals surface area (Å²) in [6, 6.07) is 22.9. The van der Waals surface area contributed by atoms with Gasteiger partial charge in [-0.2, -0.15) is 0 Å². The Bertz CT molecular complexity index is 923. The van der Waals surface area contributed by atoms with Crippen LogP contribution in [-0.2, 0) is 13.1 Å². The molecule has 0 saturated carbocycles. The molecule has 1 fully saturated rings. The molecule has 5 heteroatoms. The number of benzene rings is 3. The number of nitrogens with zero attached hydrogens (tertiary/aromatic N) is 2. The molecule has 150 valence electrons. The molecule has 4 rings (SSSR count). The summed E-state index contributed by atoms with van der Waals surface area (Å²) in [6.07, 6.45) is 1.01. The second-order valence-electron chi connectivity index (χ2n) is 7.41. The fourth-order valence-corrected chi connectivity index (χ4v) is 4.46. The molecule has 0 radical (unpaired) electrons. The van der Waals surface area contributed by atoms with E-state index in [1.807, 2.05) is 48.5 Å². The Morgan fingerprint density at radius 3 is 2.14 bits per heavy atom. The molecule has 1 heterocycles. The van der Waals surface area contributed by atoms with Gasteiger partial charge in [0.25, 0.3) is 0 Å². The van der Waals surface area contributed by atoms with Gasteiger partial charge in [-0.25, -0.2) is 4.39 Å². The summed E-state index contributed by atoms with van der Waals surface area (Å²) in [6.45, 7) is 3.11. The first-order valence-corrected chi connectivity index (χ1v) is 10.6. The van der Waals surface area contributed by atoms with Crippen molar-refractivity contribution in [3.63, 3.8) is 0 Å². The first-order chi connectivity index (χ1) is 14.1. The van der Waals surface area contributed by atoms with E-state index in [-0.39, 0.29) is 12.0 Å². The zero-order valence-corrected chi connectivity index (χ0v) is 17.6. The molecular formula is C24H23Cl2FN2. The molecule has 1 saturated heterocycles. The van der Waals surface area contributed by atoms with Gasteiger partial charge >= 0.3 is 0 Å². The van der Waals surface area contributed by atoms with Crippen LogP contribution in [0.1, 0.15) is 29.3 Å². The Balaban J connectivity index is 1.68. The average Bonchev–Trinajstić information content (AvgIpc) is 2.72. The lowest BCUT2D eigenvalue weighted by molar-refractivity contribution is -0.00962. The highest BCUT2D eigenvalue weighted by Gasteiger charge is 2.31. The maximum atomic E-state index is 14.4. The van der Waals surface area contributed by atoms with Crippen LogP contribution in [0.15, 0.2) is 72.8 Å². The highest BCUT2D eigenvalue weighted by atomic mass is 35.5. The second kappa shape index (κ2) is 9.27. The third-order valence-electron chi connectivity index (χ3n) is 5.39. The molecule has 0 N–H and O–H groups in total. The first-order valence-electron chi connectivity index (χ1n) is 9.82. The molecule has 0 unspecified atom stereocenters. The maximum absolute atomic E-state index is 14.4. The van der Waals surface area contributed by atoms with Crippen LogP contribution in [0.25, 0.3) is 0 Å². The van der Waals surface area contributed by atoms with Crippen molar-refractivity contribution < 1.29 is 4.39 Å². The number of hydrogen-bond donors (Lipinski definition) is 0. The predicted molar refractivity (Wildman–Crippen MR) is 117 cm³/mol. The minimum atomic E-state index is -0.166. The van der Waals surface area contributed by atoms with Crippen LogP contribution in [0, 0.1) is 5.82 Å². The highest BCUT2D eigenvalue weighted by molar-refractivity contribution is 6.31. The molecule has 0 aromatic heterocycles. The van der Waals surface area contributed by atoms with Gasteiger partial charge in [0, 0.05) is 41.8 Å². The van der Waals surface area contributed by atoms with Gasteiger partial charge in [0.15, 0.2) is 0 Å². The molecule has 1 aliphatic heterocycles. The summed E-state index contributed by atoms with van der Waals surface area (Å²) in [4.78, 5) is 4.72. The molecule has 3 aromatic rings. The van der Waals surface area contributed by atoms with Gasteiger partial charge in [0.2, 0.25) is 0 Å². The van der Waals surface area contributed by atoms with Crippen LogP contribution in [0.4, 0.5) is 4.39 Å². The van der Waals surface area contributed by atoms with Crippen LogP contribution < -0.4 is 0 Å². The van der Waals surface area contributed by atoms with Crippen LogP contribution >= 0.6 is 23.2 Å². The van der Waals surface area contributed by atoms with Crippen molar-refractivity contribution in [3.05, 3.63) is 105 Å². The quantitative estimate of drug-likeness (QED) is 0.455. The SMILES string of the molecule is Fc1ccccc1CN1CCCN(Cc2ccccc2Cl)[C@H]1c1cccc(Cl)c1. The van der Waals surface area contributed by atoms with Gasteiger partial charge < -0.3 is 0 Å². The molecule has 0 bridgehead atoms. The van der Waals surface area contributed by atoms with E-state index in [0.717, 1.165) is 42.2 Å². The van der Waals surface area contributed by atoms with E-state index in [1.54, 1.807) is 6.07 Å². The Morgan fingerprint density at radius 1 is 0.793 bits per heavy atom. The van der Waals surface area contributed by atoms with Crippen molar-refractivity contribution >= 4 is 23.2 Å². The van der Waals surface area contributed by atoms with Crippen molar-refractivity contribution in [1.82, 2.24) is 9.80 Å². The van der Waals surface area contributed by atoms with Crippen LogP contribution in [-0.4, -0.2) is 22.9 Å². The minimum Gasteiger partial charge on any atom is -0.280 e. The van der Waals surface area contributed by atoms with E-state index in [0.29, 0.717) is 17.1 Å². The van der Waals surface area contributed by atoms with Crippen molar-refractivity contribution in [1.29, 1.82) is 0 Å². The summed E-state index contributed by atoms with van der Waals surface area (Å²) in [5, 5.41) is 1.47. The lowest BCUT2D eigenvalue weighted by Gasteiger charge is -2.44. The van der Waals surface area contributed by atoms with E-state index < -0.39 is 0 Å². The molecular weight excluding hydrogens is 406 g/mol. The van der Waals surface area contributed by atoms with Gasteiger partial charge in [-0.3, -0.25) is 9.80 Å². The molecule has 0 spiro atoms. The van der Waals surface area contributed by atoms with Gasteiger partial charge in [-0.1, -0.05) is 71.7 Å². The van der Waals surface area contributed by atoms with Crippen LogP contribution in [0.3, 0.4) is 0 Å². The van der Waals surface area contributed by atoms with Crippen LogP contribution in [0.2, 0.25) is 10.0 Å². The van der Waals surface area contributed by atoms with E-state index >= 15 is 0 Å². The summed E-state index contributed by atoms with van der Waals surface area (Å²) < 4.78 is 14.4. The Kier molecular flexibility index (Phi) is 6.51. The first kappa shape index (κ1) is 20.4. The Labute approximate surface area is 181 Å². The van der Waals surface area contributed by atoms with E-state index in [1.165, 1.54) is 6.07 Å². The van der Waals surface area contributed by atoms with Gasteiger partial charge in [-0.15, -0.1) is 0 Å². The third kappa shape index (κ3) is 4.81. The monoisotopic (exact) mass is 428 g/mol. The average molecular weight is 429 g/mol. The molecule has 2 nitrogen and oxygen atoms in total. The summed E-state index contributed by atoms with van der Waals surface area (Å²) in [5.41, 5.74) is 2.91. The Morgan fingerprint density at radius 2 is 1.45 bits per heavy atom.